The molecule has 1 aromatic carbocycles. The fraction of sp³-hybridized carbons (Fsp3) is 0. The number of aromatic carboxylic acids is 1. The third-order valence-corrected chi connectivity index (χ3v) is 3.03. The normalized spacial score (nSPS) is 10.5. The molecule has 2 aromatic heterocycles. The van der Waals surface area contributed by atoms with E-state index in [2.05, 4.69) is 15.3 Å². The number of H-pyrrole nitrogens is 1. The van der Waals surface area contributed by atoms with E-state index in [1.807, 2.05) is 12.1 Å². The van der Waals surface area contributed by atoms with Gasteiger partial charge in [-0.15, -0.1) is 0 Å². The summed E-state index contributed by atoms with van der Waals surface area (Å²) in [6, 6.07) is 11.6. The van der Waals surface area contributed by atoms with Gasteiger partial charge in [-0.05, 0) is 35.7 Å². The number of nitrogens with zero attached hydrogens (tertiary/aromatic N) is 1. The third-order valence-electron chi connectivity index (χ3n) is 3.03. The number of amides is 1. The number of hydrogen-bond donors (Lipinski definition) is 3. The molecule has 0 fully saturated rings. The van der Waals surface area contributed by atoms with Crippen LogP contribution in [-0.2, 0) is 0 Å². The van der Waals surface area contributed by atoms with Crippen molar-refractivity contribution in [2.45, 2.75) is 0 Å². The van der Waals surface area contributed by atoms with E-state index in [1.165, 1.54) is 18.2 Å². The molecule has 3 N–H and O–H groups in total. The Balaban J connectivity index is 1.85. The summed E-state index contributed by atoms with van der Waals surface area (Å²) in [5.74, 6) is -1.29. The molecule has 104 valence electrons. The summed E-state index contributed by atoms with van der Waals surface area (Å²) in [4.78, 5) is 29.9. The number of carboxylic acid groups (broad SMARTS) is 1. The van der Waals surface area contributed by atoms with Crippen molar-refractivity contribution in [1.29, 1.82) is 0 Å². The van der Waals surface area contributed by atoms with Crippen molar-refractivity contribution in [2.24, 2.45) is 0 Å². The first-order chi connectivity index (χ1) is 10.1. The fourth-order valence-corrected chi connectivity index (χ4v) is 2.00. The van der Waals surface area contributed by atoms with E-state index in [0.717, 1.165) is 10.9 Å². The molecule has 0 atom stereocenters. The van der Waals surface area contributed by atoms with Crippen molar-refractivity contribution >= 4 is 28.6 Å². The van der Waals surface area contributed by atoms with Gasteiger partial charge in [0.15, 0.2) is 5.69 Å². The van der Waals surface area contributed by atoms with Gasteiger partial charge in [0.25, 0.3) is 5.91 Å². The second kappa shape index (κ2) is 5.09. The summed E-state index contributed by atoms with van der Waals surface area (Å²) in [7, 11) is 0. The van der Waals surface area contributed by atoms with Gasteiger partial charge in [-0.3, -0.25) is 4.79 Å². The predicted molar refractivity (Wildman–Crippen MR) is 77.4 cm³/mol. The fourth-order valence-electron chi connectivity index (χ4n) is 2.00. The van der Waals surface area contributed by atoms with Crippen molar-refractivity contribution in [3.8, 4) is 0 Å². The van der Waals surface area contributed by atoms with Crippen molar-refractivity contribution in [3.05, 3.63) is 59.9 Å². The van der Waals surface area contributed by atoms with Crippen LogP contribution in [0, 0.1) is 0 Å². The van der Waals surface area contributed by atoms with Crippen LogP contribution in [0.4, 0.5) is 5.82 Å². The molecule has 0 aliphatic carbocycles. The Morgan fingerprint density at radius 1 is 1.14 bits per heavy atom. The summed E-state index contributed by atoms with van der Waals surface area (Å²) in [6.45, 7) is 0. The number of carbonyl (C=O) groups excluding carboxylic acids is 1. The molecule has 6 nitrogen and oxygen atoms in total. The number of rotatable bonds is 3. The van der Waals surface area contributed by atoms with E-state index >= 15 is 0 Å². The second-order valence-electron chi connectivity index (χ2n) is 4.45. The Hall–Kier alpha value is -3.15. The lowest BCUT2D eigenvalue weighted by atomic mass is 10.1. The smallest absolute Gasteiger partial charge is 0.354 e. The molecule has 0 saturated heterocycles. The highest BCUT2D eigenvalue weighted by atomic mass is 16.4. The Morgan fingerprint density at radius 3 is 2.81 bits per heavy atom. The third kappa shape index (κ3) is 2.59. The summed E-state index contributed by atoms with van der Waals surface area (Å²) >= 11 is 0. The highest BCUT2D eigenvalue weighted by Crippen LogP contribution is 2.15. The maximum atomic E-state index is 12.1. The van der Waals surface area contributed by atoms with Gasteiger partial charge in [0.05, 0.1) is 0 Å². The molecular formula is C15H11N3O3. The van der Waals surface area contributed by atoms with Gasteiger partial charge < -0.3 is 15.4 Å². The minimum absolute atomic E-state index is 0.118. The SMILES string of the molecule is O=C(Nc1cccc(C(=O)O)n1)c1ccc2cc[nH]c2c1. The van der Waals surface area contributed by atoms with Crippen molar-refractivity contribution in [3.63, 3.8) is 0 Å². The average Bonchev–Trinajstić information content (AvgIpc) is 2.94. The standard InChI is InChI=1S/C15H11N3O3/c19-14(10-5-4-9-6-7-16-12(9)8-10)18-13-3-1-2-11(17-13)15(20)21/h1-8,16H,(H,20,21)(H,17,18,19). The minimum atomic E-state index is -1.14. The van der Waals surface area contributed by atoms with E-state index < -0.39 is 5.97 Å². The Labute approximate surface area is 119 Å². The molecule has 0 bridgehead atoms. The average molecular weight is 281 g/mol. The number of anilines is 1. The van der Waals surface area contributed by atoms with Crippen LogP contribution in [0.15, 0.2) is 48.7 Å². The van der Waals surface area contributed by atoms with Crippen LogP contribution in [0.5, 0.6) is 0 Å². The molecule has 0 unspecified atom stereocenters. The van der Waals surface area contributed by atoms with Crippen LogP contribution in [-0.4, -0.2) is 27.0 Å². The molecule has 2 heterocycles. The number of fused-ring (bicyclic) bond motifs is 1. The van der Waals surface area contributed by atoms with Gasteiger partial charge in [0.2, 0.25) is 0 Å². The molecule has 0 spiro atoms. The van der Waals surface area contributed by atoms with Gasteiger partial charge in [-0.25, -0.2) is 9.78 Å². The summed E-state index contributed by atoms with van der Waals surface area (Å²) in [6.07, 6.45) is 1.80. The molecule has 0 saturated carbocycles. The number of carboxylic acids is 1. The lowest BCUT2D eigenvalue weighted by Gasteiger charge is -2.05. The van der Waals surface area contributed by atoms with Crippen molar-refractivity contribution in [1.82, 2.24) is 9.97 Å². The topological polar surface area (TPSA) is 95.1 Å². The minimum Gasteiger partial charge on any atom is -0.477 e. The maximum absolute atomic E-state index is 12.1. The van der Waals surface area contributed by atoms with Crippen molar-refractivity contribution < 1.29 is 14.7 Å². The molecule has 0 radical (unpaired) electrons. The molecule has 21 heavy (non-hydrogen) atoms. The summed E-state index contributed by atoms with van der Waals surface area (Å²) in [5, 5.41) is 12.5. The summed E-state index contributed by atoms with van der Waals surface area (Å²) < 4.78 is 0. The molecule has 3 aromatic rings. The van der Waals surface area contributed by atoms with Gasteiger partial charge in [-0.2, -0.15) is 0 Å². The van der Waals surface area contributed by atoms with Crippen LogP contribution in [0.25, 0.3) is 10.9 Å². The number of benzene rings is 1. The van der Waals surface area contributed by atoms with Gasteiger partial charge in [0, 0.05) is 17.3 Å². The number of hydrogen-bond acceptors (Lipinski definition) is 3. The molecule has 3 rings (SSSR count). The van der Waals surface area contributed by atoms with Crippen LogP contribution >= 0.6 is 0 Å². The zero-order chi connectivity index (χ0) is 14.8. The summed E-state index contributed by atoms with van der Waals surface area (Å²) in [5.41, 5.74) is 1.20. The largest absolute Gasteiger partial charge is 0.477 e. The number of aromatic nitrogens is 2. The van der Waals surface area contributed by atoms with Gasteiger partial charge >= 0.3 is 5.97 Å². The zero-order valence-electron chi connectivity index (χ0n) is 10.8. The van der Waals surface area contributed by atoms with Gasteiger partial charge in [-0.1, -0.05) is 12.1 Å². The predicted octanol–water partition coefficient (Wildman–Crippen LogP) is 2.51. The lowest BCUT2D eigenvalue weighted by molar-refractivity contribution is 0.0690. The highest BCUT2D eigenvalue weighted by Gasteiger charge is 2.10. The monoisotopic (exact) mass is 281 g/mol. The maximum Gasteiger partial charge on any atom is 0.354 e. The number of nitrogens with one attached hydrogen (secondary N) is 2. The number of carbonyl (C=O) groups is 2. The first-order valence-corrected chi connectivity index (χ1v) is 6.22. The molecule has 6 heteroatoms. The van der Waals surface area contributed by atoms with E-state index in [4.69, 9.17) is 5.11 Å². The van der Waals surface area contributed by atoms with E-state index in [9.17, 15) is 9.59 Å². The van der Waals surface area contributed by atoms with E-state index in [-0.39, 0.29) is 17.4 Å². The zero-order valence-corrected chi connectivity index (χ0v) is 10.8. The lowest BCUT2D eigenvalue weighted by Crippen LogP contribution is -2.14. The van der Waals surface area contributed by atoms with E-state index in [0.29, 0.717) is 5.56 Å². The number of aromatic amines is 1. The second-order valence-corrected chi connectivity index (χ2v) is 4.45. The van der Waals surface area contributed by atoms with Crippen LogP contribution in [0.1, 0.15) is 20.8 Å². The quantitative estimate of drug-likeness (QED) is 0.687. The first-order valence-electron chi connectivity index (χ1n) is 6.22. The Bertz CT molecular complexity index is 839. The van der Waals surface area contributed by atoms with Crippen LogP contribution in [0.2, 0.25) is 0 Å². The van der Waals surface area contributed by atoms with Crippen LogP contribution < -0.4 is 5.32 Å². The first kappa shape index (κ1) is 12.9. The van der Waals surface area contributed by atoms with Crippen molar-refractivity contribution in [2.75, 3.05) is 5.32 Å². The molecule has 0 aliphatic heterocycles. The van der Waals surface area contributed by atoms with Crippen LogP contribution in [0.3, 0.4) is 0 Å². The highest BCUT2D eigenvalue weighted by molar-refractivity contribution is 6.05. The van der Waals surface area contributed by atoms with E-state index in [1.54, 1.807) is 18.3 Å². The van der Waals surface area contributed by atoms with Gasteiger partial charge in [0.1, 0.15) is 5.82 Å². The Morgan fingerprint density at radius 2 is 2.00 bits per heavy atom. The molecular weight excluding hydrogens is 270 g/mol. The number of pyridine rings is 1. The molecule has 1 amide bonds. The molecule has 0 aliphatic rings. The Kier molecular flexibility index (Phi) is 3.12.